The van der Waals surface area contributed by atoms with Gasteiger partial charge in [-0.15, -0.1) is 11.6 Å². The number of halogens is 2. The van der Waals surface area contributed by atoms with Crippen molar-refractivity contribution in [2.24, 2.45) is 0 Å². The zero-order valence-electron chi connectivity index (χ0n) is 7.88. The number of carbonyl (C=O) groups is 1. The van der Waals surface area contributed by atoms with Gasteiger partial charge in [0.25, 0.3) is 0 Å². The molecular weight excluding hydrogens is 241 g/mol. The van der Waals surface area contributed by atoms with Crippen LogP contribution in [-0.4, -0.2) is 24.0 Å². The second-order valence-corrected chi connectivity index (χ2v) is 3.36. The molecule has 4 nitrogen and oxygen atoms in total. The number of alkyl halides is 1. The number of hydrogen-bond donors (Lipinski definition) is 2. The molecule has 0 fully saturated rings. The monoisotopic (exact) mass is 249 g/mol. The first-order valence-corrected chi connectivity index (χ1v) is 4.92. The Morgan fingerprint density at radius 2 is 2.27 bits per heavy atom. The Bertz CT molecular complexity index is 382. The molecule has 0 saturated carbocycles. The van der Waals surface area contributed by atoms with Crippen molar-refractivity contribution in [3.8, 4) is 11.5 Å². The van der Waals surface area contributed by atoms with Gasteiger partial charge in [-0.3, -0.25) is 4.79 Å². The molecule has 1 amide bonds. The molecule has 0 aliphatic heterocycles. The van der Waals surface area contributed by atoms with Crippen LogP contribution in [0.25, 0.3) is 0 Å². The summed E-state index contributed by atoms with van der Waals surface area (Å²) >= 11 is 11.1. The Labute approximate surface area is 96.8 Å². The number of anilines is 1. The molecule has 0 unspecified atom stereocenters. The van der Waals surface area contributed by atoms with E-state index in [0.29, 0.717) is 10.8 Å². The molecule has 0 aliphatic carbocycles. The minimum Gasteiger partial charge on any atom is -0.506 e. The molecule has 6 heteroatoms. The SMILES string of the molecule is COc1cc(O)c(NC(=O)CCl)cc1Cl. The normalized spacial score (nSPS) is 9.80. The van der Waals surface area contributed by atoms with Crippen LogP contribution in [0.2, 0.25) is 5.02 Å². The third-order valence-electron chi connectivity index (χ3n) is 1.67. The van der Waals surface area contributed by atoms with Gasteiger partial charge in [0, 0.05) is 6.07 Å². The molecule has 0 spiro atoms. The van der Waals surface area contributed by atoms with Crippen LogP contribution in [0.4, 0.5) is 5.69 Å². The third kappa shape index (κ3) is 2.91. The molecule has 0 saturated heterocycles. The number of hydrogen-bond acceptors (Lipinski definition) is 3. The molecule has 2 N–H and O–H groups in total. The lowest BCUT2D eigenvalue weighted by atomic mass is 10.2. The maximum absolute atomic E-state index is 11.0. The number of ether oxygens (including phenoxy) is 1. The van der Waals surface area contributed by atoms with Crippen molar-refractivity contribution in [1.29, 1.82) is 0 Å². The van der Waals surface area contributed by atoms with Crippen molar-refractivity contribution in [3.63, 3.8) is 0 Å². The number of aromatic hydroxyl groups is 1. The molecule has 0 aliphatic rings. The summed E-state index contributed by atoms with van der Waals surface area (Å²) in [4.78, 5) is 11.0. The van der Waals surface area contributed by atoms with E-state index in [1.165, 1.54) is 19.2 Å². The molecule has 0 aromatic heterocycles. The summed E-state index contributed by atoms with van der Waals surface area (Å²) in [5, 5.41) is 12.2. The lowest BCUT2D eigenvalue weighted by Gasteiger charge is -2.09. The number of carbonyl (C=O) groups excluding carboxylic acids is 1. The predicted molar refractivity (Wildman–Crippen MR) is 59.0 cm³/mol. The largest absolute Gasteiger partial charge is 0.506 e. The van der Waals surface area contributed by atoms with E-state index >= 15 is 0 Å². The van der Waals surface area contributed by atoms with Crippen molar-refractivity contribution in [2.75, 3.05) is 18.3 Å². The fourth-order valence-corrected chi connectivity index (χ4v) is 1.29. The van der Waals surface area contributed by atoms with E-state index in [9.17, 15) is 9.90 Å². The number of phenols is 1. The average molecular weight is 250 g/mol. The molecule has 82 valence electrons. The van der Waals surface area contributed by atoms with E-state index in [1.54, 1.807) is 0 Å². The molecule has 0 heterocycles. The molecule has 15 heavy (non-hydrogen) atoms. The van der Waals surface area contributed by atoms with E-state index < -0.39 is 5.91 Å². The number of methoxy groups -OCH3 is 1. The highest BCUT2D eigenvalue weighted by atomic mass is 35.5. The average Bonchev–Trinajstić information content (AvgIpc) is 2.22. The molecule has 0 radical (unpaired) electrons. The minimum absolute atomic E-state index is 0.130. The smallest absolute Gasteiger partial charge is 0.239 e. The number of phenolic OH excluding ortho intramolecular Hbond substituents is 1. The van der Waals surface area contributed by atoms with Crippen molar-refractivity contribution in [2.45, 2.75) is 0 Å². The van der Waals surface area contributed by atoms with Crippen molar-refractivity contribution < 1.29 is 14.6 Å². The van der Waals surface area contributed by atoms with E-state index in [4.69, 9.17) is 27.9 Å². The third-order valence-corrected chi connectivity index (χ3v) is 2.20. The van der Waals surface area contributed by atoms with Gasteiger partial charge >= 0.3 is 0 Å². The zero-order valence-corrected chi connectivity index (χ0v) is 9.39. The Morgan fingerprint density at radius 1 is 1.60 bits per heavy atom. The van der Waals surface area contributed by atoms with Gasteiger partial charge in [-0.2, -0.15) is 0 Å². The van der Waals surface area contributed by atoms with Gasteiger partial charge < -0.3 is 15.2 Å². The first-order valence-electron chi connectivity index (χ1n) is 4.00. The van der Waals surface area contributed by atoms with Gasteiger partial charge in [-0.05, 0) is 6.07 Å². The maximum Gasteiger partial charge on any atom is 0.239 e. The van der Waals surface area contributed by atoms with Crippen LogP contribution in [-0.2, 0) is 4.79 Å². The summed E-state index contributed by atoms with van der Waals surface area (Å²) in [6.07, 6.45) is 0. The molecule has 1 aromatic carbocycles. The van der Waals surface area contributed by atoms with E-state index in [-0.39, 0.29) is 17.3 Å². The predicted octanol–water partition coefficient (Wildman–Crippen LogP) is 2.23. The fourth-order valence-electron chi connectivity index (χ4n) is 0.983. The first-order chi connectivity index (χ1) is 7.08. The van der Waals surface area contributed by atoms with Gasteiger partial charge in [0.15, 0.2) is 0 Å². The Balaban J connectivity index is 3.00. The summed E-state index contributed by atoms with van der Waals surface area (Å²) in [7, 11) is 1.43. The van der Waals surface area contributed by atoms with Crippen molar-refractivity contribution >= 4 is 34.8 Å². The summed E-state index contributed by atoms with van der Waals surface area (Å²) in [6.45, 7) is 0. The lowest BCUT2D eigenvalue weighted by Crippen LogP contribution is -2.12. The Kier molecular flexibility index (Phi) is 4.05. The minimum atomic E-state index is -0.423. The highest BCUT2D eigenvalue weighted by Crippen LogP contribution is 2.34. The quantitative estimate of drug-likeness (QED) is 0.638. The van der Waals surface area contributed by atoms with Crippen molar-refractivity contribution in [1.82, 2.24) is 0 Å². The number of rotatable bonds is 3. The number of nitrogens with one attached hydrogen (secondary N) is 1. The van der Waals surface area contributed by atoms with E-state index in [0.717, 1.165) is 0 Å². The molecule has 1 rings (SSSR count). The van der Waals surface area contributed by atoms with Gasteiger partial charge in [0.2, 0.25) is 5.91 Å². The molecule has 0 bridgehead atoms. The van der Waals surface area contributed by atoms with Crippen LogP contribution in [0.1, 0.15) is 0 Å². The highest BCUT2D eigenvalue weighted by molar-refractivity contribution is 6.32. The molecule has 1 aromatic rings. The van der Waals surface area contributed by atoms with Crippen LogP contribution in [0, 0.1) is 0 Å². The molecular formula is C9H9Cl2NO3. The maximum atomic E-state index is 11.0. The van der Waals surface area contributed by atoms with Gasteiger partial charge in [-0.25, -0.2) is 0 Å². The van der Waals surface area contributed by atoms with Crippen LogP contribution in [0.15, 0.2) is 12.1 Å². The fraction of sp³-hybridized carbons (Fsp3) is 0.222. The van der Waals surface area contributed by atoms with Crippen molar-refractivity contribution in [3.05, 3.63) is 17.2 Å². The number of benzene rings is 1. The van der Waals surface area contributed by atoms with Crippen LogP contribution < -0.4 is 10.1 Å². The van der Waals surface area contributed by atoms with E-state index in [1.807, 2.05) is 0 Å². The van der Waals surface area contributed by atoms with E-state index in [2.05, 4.69) is 5.32 Å². The number of amides is 1. The summed E-state index contributed by atoms with van der Waals surface area (Å²) in [5.41, 5.74) is 0.200. The topological polar surface area (TPSA) is 58.6 Å². The van der Waals surface area contributed by atoms with Crippen LogP contribution in [0.3, 0.4) is 0 Å². The standard InChI is InChI=1S/C9H9Cl2NO3/c1-15-8-3-7(13)6(2-5(8)11)12-9(14)4-10/h2-3,13H,4H2,1H3,(H,12,14). The summed E-state index contributed by atoms with van der Waals surface area (Å²) < 4.78 is 4.88. The van der Waals surface area contributed by atoms with Crippen LogP contribution in [0.5, 0.6) is 11.5 Å². The highest BCUT2D eigenvalue weighted by Gasteiger charge is 2.10. The lowest BCUT2D eigenvalue weighted by molar-refractivity contribution is -0.113. The molecule has 0 atom stereocenters. The second-order valence-electron chi connectivity index (χ2n) is 2.69. The first kappa shape index (κ1) is 11.9. The zero-order chi connectivity index (χ0) is 11.4. The Hall–Kier alpha value is -1.13. The summed E-state index contributed by atoms with van der Waals surface area (Å²) in [6, 6.07) is 2.70. The second kappa shape index (κ2) is 5.09. The van der Waals surface area contributed by atoms with Gasteiger partial charge in [0.05, 0.1) is 17.8 Å². The van der Waals surface area contributed by atoms with Gasteiger partial charge in [-0.1, -0.05) is 11.6 Å². The Morgan fingerprint density at radius 3 is 2.80 bits per heavy atom. The van der Waals surface area contributed by atoms with Gasteiger partial charge in [0.1, 0.15) is 17.4 Å². The van der Waals surface area contributed by atoms with Crippen LogP contribution >= 0.6 is 23.2 Å². The summed E-state index contributed by atoms with van der Waals surface area (Å²) in [5.74, 6) is -0.413.